The molecule has 1 fully saturated rings. The van der Waals surface area contributed by atoms with Gasteiger partial charge in [-0.1, -0.05) is 0 Å². The normalized spacial score (nSPS) is 16.7. The molecule has 1 aliphatic rings. The standard InChI is InChI=1S/C14H19N3O4/c1-15-7-5-11(6-8-15)16(2)13-9-10(14(18)19)3-4-12(13)17(20)21/h3-4,9,11H,5-8H2,1-2H3,(H,18,19). The molecule has 7 heteroatoms. The quantitative estimate of drug-likeness (QED) is 0.673. The van der Waals surface area contributed by atoms with E-state index in [1.165, 1.54) is 18.2 Å². The van der Waals surface area contributed by atoms with Crippen LogP contribution in [0, 0.1) is 10.1 Å². The number of carboxylic acids is 1. The summed E-state index contributed by atoms with van der Waals surface area (Å²) in [4.78, 5) is 25.8. The molecule has 0 amide bonds. The maximum atomic E-state index is 11.2. The zero-order valence-electron chi connectivity index (χ0n) is 12.2. The highest BCUT2D eigenvalue weighted by Crippen LogP contribution is 2.31. The van der Waals surface area contributed by atoms with Gasteiger partial charge < -0.3 is 14.9 Å². The number of likely N-dealkylation sites (tertiary alicyclic amines) is 1. The second-order valence-electron chi connectivity index (χ2n) is 5.41. The number of aromatic carboxylic acids is 1. The van der Waals surface area contributed by atoms with Crippen molar-refractivity contribution in [3.8, 4) is 0 Å². The SMILES string of the molecule is CN1CCC(N(C)c2cc(C(=O)O)ccc2[N+](=O)[O-])CC1. The van der Waals surface area contributed by atoms with Gasteiger partial charge in [0.25, 0.3) is 5.69 Å². The van der Waals surface area contributed by atoms with E-state index in [1.807, 2.05) is 11.9 Å². The van der Waals surface area contributed by atoms with Crippen LogP contribution in [0.4, 0.5) is 11.4 Å². The van der Waals surface area contributed by atoms with E-state index in [2.05, 4.69) is 4.90 Å². The topological polar surface area (TPSA) is 86.9 Å². The lowest BCUT2D eigenvalue weighted by Crippen LogP contribution is -2.42. The van der Waals surface area contributed by atoms with Crippen molar-refractivity contribution < 1.29 is 14.8 Å². The highest BCUT2D eigenvalue weighted by atomic mass is 16.6. The molecular formula is C14H19N3O4. The van der Waals surface area contributed by atoms with Gasteiger partial charge in [0, 0.05) is 19.2 Å². The summed E-state index contributed by atoms with van der Waals surface area (Å²) in [7, 11) is 3.84. The lowest BCUT2D eigenvalue weighted by atomic mass is 10.0. The van der Waals surface area contributed by atoms with Gasteiger partial charge in [0.15, 0.2) is 0 Å². The lowest BCUT2D eigenvalue weighted by molar-refractivity contribution is -0.384. The third-order valence-corrected chi connectivity index (χ3v) is 4.03. The summed E-state index contributed by atoms with van der Waals surface area (Å²) in [6.45, 7) is 1.86. The van der Waals surface area contributed by atoms with Crippen LogP contribution in [0.5, 0.6) is 0 Å². The summed E-state index contributed by atoms with van der Waals surface area (Å²) in [5, 5.41) is 20.2. The van der Waals surface area contributed by atoms with E-state index >= 15 is 0 Å². The number of carbonyl (C=O) groups is 1. The van der Waals surface area contributed by atoms with E-state index in [9.17, 15) is 14.9 Å². The van der Waals surface area contributed by atoms with E-state index in [4.69, 9.17) is 5.11 Å². The van der Waals surface area contributed by atoms with Crippen molar-refractivity contribution in [1.82, 2.24) is 4.90 Å². The summed E-state index contributed by atoms with van der Waals surface area (Å²) < 4.78 is 0. The van der Waals surface area contributed by atoms with Gasteiger partial charge in [0.2, 0.25) is 0 Å². The molecule has 1 aromatic carbocycles. The summed E-state index contributed by atoms with van der Waals surface area (Å²) in [6.07, 6.45) is 1.81. The van der Waals surface area contributed by atoms with Crippen molar-refractivity contribution in [3.63, 3.8) is 0 Å². The minimum atomic E-state index is -1.08. The van der Waals surface area contributed by atoms with Crippen molar-refractivity contribution in [1.29, 1.82) is 0 Å². The first kappa shape index (κ1) is 15.2. The van der Waals surface area contributed by atoms with E-state index in [1.54, 1.807) is 7.05 Å². The Balaban J connectivity index is 2.33. The van der Waals surface area contributed by atoms with Crippen molar-refractivity contribution in [3.05, 3.63) is 33.9 Å². The van der Waals surface area contributed by atoms with Crippen molar-refractivity contribution in [2.75, 3.05) is 32.1 Å². The fourth-order valence-corrected chi connectivity index (χ4v) is 2.67. The molecule has 1 aromatic rings. The monoisotopic (exact) mass is 293 g/mol. The van der Waals surface area contributed by atoms with Gasteiger partial charge in [0.05, 0.1) is 10.5 Å². The van der Waals surface area contributed by atoms with Crippen LogP contribution < -0.4 is 4.90 Å². The molecule has 7 nitrogen and oxygen atoms in total. The first-order valence-corrected chi connectivity index (χ1v) is 6.83. The second-order valence-corrected chi connectivity index (χ2v) is 5.41. The van der Waals surface area contributed by atoms with Crippen LogP contribution in [0.3, 0.4) is 0 Å². The molecule has 0 aliphatic carbocycles. The number of nitrogens with zero attached hydrogens (tertiary/aromatic N) is 3. The molecule has 21 heavy (non-hydrogen) atoms. The number of piperidine rings is 1. The van der Waals surface area contributed by atoms with Crippen LogP contribution in [0.1, 0.15) is 23.2 Å². The van der Waals surface area contributed by atoms with Crippen LogP contribution in [0.2, 0.25) is 0 Å². The first-order valence-electron chi connectivity index (χ1n) is 6.83. The zero-order valence-corrected chi connectivity index (χ0v) is 12.2. The number of carboxylic acid groups (broad SMARTS) is 1. The maximum Gasteiger partial charge on any atom is 0.335 e. The Morgan fingerprint density at radius 2 is 2.05 bits per heavy atom. The molecule has 1 heterocycles. The number of anilines is 1. The van der Waals surface area contributed by atoms with Gasteiger partial charge in [-0.15, -0.1) is 0 Å². The van der Waals surface area contributed by atoms with Crippen LogP contribution in [-0.2, 0) is 0 Å². The molecule has 1 aliphatic heterocycles. The Labute approximate surface area is 122 Å². The fraction of sp³-hybridized carbons (Fsp3) is 0.500. The molecule has 0 radical (unpaired) electrons. The van der Waals surface area contributed by atoms with Crippen molar-refractivity contribution in [2.45, 2.75) is 18.9 Å². The van der Waals surface area contributed by atoms with Crippen LogP contribution in [0.15, 0.2) is 18.2 Å². The van der Waals surface area contributed by atoms with Crippen LogP contribution in [0.25, 0.3) is 0 Å². The average molecular weight is 293 g/mol. The molecule has 0 unspecified atom stereocenters. The Hall–Kier alpha value is -2.15. The Kier molecular flexibility index (Phi) is 4.42. The number of benzene rings is 1. The average Bonchev–Trinajstić information content (AvgIpc) is 2.46. The Morgan fingerprint density at radius 3 is 2.57 bits per heavy atom. The van der Waals surface area contributed by atoms with Gasteiger partial charge in [0.1, 0.15) is 5.69 Å². The van der Waals surface area contributed by atoms with Gasteiger partial charge >= 0.3 is 5.97 Å². The summed E-state index contributed by atoms with van der Waals surface area (Å²) in [5.41, 5.74) is 0.381. The Bertz CT molecular complexity index is 553. The zero-order chi connectivity index (χ0) is 15.6. The highest BCUT2D eigenvalue weighted by molar-refractivity contribution is 5.90. The second kappa shape index (κ2) is 6.09. The van der Waals surface area contributed by atoms with Gasteiger partial charge in [-0.05, 0) is 45.1 Å². The Morgan fingerprint density at radius 1 is 1.43 bits per heavy atom. The fourth-order valence-electron chi connectivity index (χ4n) is 2.67. The molecule has 0 aromatic heterocycles. The molecule has 0 atom stereocenters. The predicted molar refractivity (Wildman–Crippen MR) is 79.0 cm³/mol. The van der Waals surface area contributed by atoms with E-state index in [0.717, 1.165) is 25.9 Å². The van der Waals surface area contributed by atoms with Gasteiger partial charge in [-0.3, -0.25) is 10.1 Å². The van der Waals surface area contributed by atoms with Gasteiger partial charge in [-0.25, -0.2) is 4.79 Å². The lowest BCUT2D eigenvalue weighted by Gasteiger charge is -2.36. The number of hydrogen-bond acceptors (Lipinski definition) is 5. The van der Waals surface area contributed by atoms with Gasteiger partial charge in [-0.2, -0.15) is 0 Å². The highest BCUT2D eigenvalue weighted by Gasteiger charge is 2.26. The summed E-state index contributed by atoms with van der Waals surface area (Å²) >= 11 is 0. The minimum absolute atomic E-state index is 0.0542. The largest absolute Gasteiger partial charge is 0.478 e. The van der Waals surface area contributed by atoms with Crippen molar-refractivity contribution in [2.24, 2.45) is 0 Å². The number of rotatable bonds is 4. The molecule has 114 valence electrons. The first-order chi connectivity index (χ1) is 9.90. The van der Waals surface area contributed by atoms with E-state index in [0.29, 0.717) is 5.69 Å². The molecule has 2 rings (SSSR count). The van der Waals surface area contributed by atoms with Crippen molar-refractivity contribution >= 4 is 17.3 Å². The molecule has 1 saturated heterocycles. The van der Waals surface area contributed by atoms with E-state index in [-0.39, 0.29) is 17.3 Å². The summed E-state index contributed by atoms with van der Waals surface area (Å²) in [5.74, 6) is -1.08. The summed E-state index contributed by atoms with van der Waals surface area (Å²) in [6, 6.07) is 4.11. The van der Waals surface area contributed by atoms with Crippen LogP contribution >= 0.6 is 0 Å². The smallest absolute Gasteiger partial charge is 0.335 e. The third-order valence-electron chi connectivity index (χ3n) is 4.03. The molecule has 0 spiro atoms. The number of nitro benzene ring substituents is 1. The minimum Gasteiger partial charge on any atom is -0.478 e. The van der Waals surface area contributed by atoms with E-state index < -0.39 is 10.9 Å². The molecular weight excluding hydrogens is 274 g/mol. The third kappa shape index (κ3) is 3.30. The predicted octanol–water partition coefficient (Wildman–Crippen LogP) is 1.82. The number of nitro groups is 1. The molecule has 0 saturated carbocycles. The molecule has 1 N–H and O–H groups in total. The number of hydrogen-bond donors (Lipinski definition) is 1. The van der Waals surface area contributed by atoms with Crippen LogP contribution in [-0.4, -0.2) is 54.1 Å². The molecule has 0 bridgehead atoms. The maximum absolute atomic E-state index is 11.2.